The van der Waals surface area contributed by atoms with Gasteiger partial charge in [-0.05, 0) is 31.1 Å². The fraction of sp³-hybridized carbons (Fsp3) is 0.143. The molecule has 0 spiro atoms. The maximum atomic E-state index is 12.1. The van der Waals surface area contributed by atoms with E-state index >= 15 is 0 Å². The maximum absolute atomic E-state index is 12.1. The number of rotatable bonds is 0. The molecule has 0 unspecified atom stereocenters. The lowest BCUT2D eigenvalue weighted by Crippen LogP contribution is -2.31. The van der Waals surface area contributed by atoms with E-state index in [2.05, 4.69) is 10.6 Å². The number of anilines is 1. The highest BCUT2D eigenvalue weighted by Gasteiger charge is 2.23. The standard InChI is InChI=1S/C14H12N2O2/c17-13-9-5-1-3-7-11(9)15-14(18)10-6-2-4-8-12(10)16-13/h1,3-5,7-8H,2,6H2,(H,15,18)(H,16,17). The number of nitrogens with one attached hydrogen (secondary N) is 2. The number of hydrogen-bond donors (Lipinski definition) is 2. The predicted molar refractivity (Wildman–Crippen MR) is 67.9 cm³/mol. The van der Waals surface area contributed by atoms with Crippen LogP contribution in [0.4, 0.5) is 5.69 Å². The second-order valence-corrected chi connectivity index (χ2v) is 4.29. The summed E-state index contributed by atoms with van der Waals surface area (Å²) in [4.78, 5) is 24.2. The third-order valence-corrected chi connectivity index (χ3v) is 3.11. The normalized spacial score (nSPS) is 18.2. The van der Waals surface area contributed by atoms with E-state index in [1.165, 1.54) is 0 Å². The second kappa shape index (κ2) is 4.14. The molecule has 4 heteroatoms. The predicted octanol–water partition coefficient (Wildman–Crippen LogP) is 1.97. The van der Waals surface area contributed by atoms with E-state index in [0.29, 0.717) is 28.9 Å². The molecule has 1 heterocycles. The molecule has 0 saturated heterocycles. The molecule has 0 aromatic heterocycles. The van der Waals surface area contributed by atoms with Crippen molar-refractivity contribution in [3.8, 4) is 0 Å². The van der Waals surface area contributed by atoms with Gasteiger partial charge in [0.1, 0.15) is 0 Å². The summed E-state index contributed by atoms with van der Waals surface area (Å²) in [6, 6.07) is 7.00. The SMILES string of the molecule is O=C1Nc2ccccc2C(=O)NC2=C1CCC=C2. The van der Waals surface area contributed by atoms with Gasteiger partial charge in [-0.25, -0.2) is 0 Å². The minimum absolute atomic E-state index is 0.137. The van der Waals surface area contributed by atoms with Crippen molar-refractivity contribution in [1.29, 1.82) is 0 Å². The van der Waals surface area contributed by atoms with Gasteiger partial charge in [0.25, 0.3) is 11.8 Å². The fourth-order valence-corrected chi connectivity index (χ4v) is 2.19. The van der Waals surface area contributed by atoms with E-state index in [1.807, 2.05) is 6.08 Å². The quantitative estimate of drug-likeness (QED) is 0.728. The van der Waals surface area contributed by atoms with Crippen molar-refractivity contribution >= 4 is 17.5 Å². The largest absolute Gasteiger partial charge is 0.321 e. The highest BCUT2D eigenvalue weighted by Crippen LogP contribution is 2.24. The molecule has 1 aliphatic heterocycles. The highest BCUT2D eigenvalue weighted by atomic mass is 16.2. The molecule has 2 amide bonds. The Hall–Kier alpha value is -2.36. The first kappa shape index (κ1) is 10.8. The molecule has 1 aromatic carbocycles. The summed E-state index contributed by atoms with van der Waals surface area (Å²) in [5.74, 6) is -0.327. The van der Waals surface area contributed by atoms with Crippen LogP contribution in [0.15, 0.2) is 47.7 Å². The Morgan fingerprint density at radius 3 is 2.72 bits per heavy atom. The van der Waals surface area contributed by atoms with E-state index in [-0.39, 0.29) is 11.8 Å². The van der Waals surface area contributed by atoms with Gasteiger partial charge in [0, 0.05) is 11.3 Å². The Balaban J connectivity index is 2.09. The first-order chi connectivity index (χ1) is 8.75. The van der Waals surface area contributed by atoms with Gasteiger partial charge >= 0.3 is 0 Å². The van der Waals surface area contributed by atoms with Gasteiger partial charge in [0.15, 0.2) is 0 Å². The minimum atomic E-state index is -0.190. The van der Waals surface area contributed by atoms with Crippen LogP contribution in [0.1, 0.15) is 23.2 Å². The maximum Gasteiger partial charge on any atom is 0.257 e. The van der Waals surface area contributed by atoms with Gasteiger partial charge in [-0.15, -0.1) is 0 Å². The van der Waals surface area contributed by atoms with Gasteiger partial charge < -0.3 is 10.6 Å². The summed E-state index contributed by atoms with van der Waals surface area (Å²) in [6.45, 7) is 0. The number of benzene rings is 1. The Bertz CT molecular complexity index is 600. The molecule has 2 aliphatic rings. The van der Waals surface area contributed by atoms with Crippen molar-refractivity contribution < 1.29 is 9.59 Å². The summed E-state index contributed by atoms with van der Waals surface area (Å²) in [6.07, 6.45) is 5.23. The molecule has 4 nitrogen and oxygen atoms in total. The zero-order valence-electron chi connectivity index (χ0n) is 9.69. The summed E-state index contributed by atoms with van der Waals surface area (Å²) in [5, 5.41) is 5.60. The average molecular weight is 240 g/mol. The number of hydrogen-bond acceptors (Lipinski definition) is 2. The minimum Gasteiger partial charge on any atom is -0.321 e. The van der Waals surface area contributed by atoms with Crippen molar-refractivity contribution in [2.45, 2.75) is 12.8 Å². The van der Waals surface area contributed by atoms with Crippen LogP contribution < -0.4 is 10.6 Å². The molecular formula is C14H12N2O2. The lowest BCUT2D eigenvalue weighted by Gasteiger charge is -2.21. The van der Waals surface area contributed by atoms with Crippen LogP contribution >= 0.6 is 0 Å². The number of carbonyl (C=O) groups is 2. The van der Waals surface area contributed by atoms with E-state index in [0.717, 1.165) is 6.42 Å². The van der Waals surface area contributed by atoms with E-state index < -0.39 is 0 Å². The van der Waals surface area contributed by atoms with Crippen LogP contribution in [0.5, 0.6) is 0 Å². The third-order valence-electron chi connectivity index (χ3n) is 3.11. The van der Waals surface area contributed by atoms with E-state index in [9.17, 15) is 9.59 Å². The van der Waals surface area contributed by atoms with Crippen molar-refractivity contribution in [1.82, 2.24) is 5.32 Å². The molecule has 90 valence electrons. The number of carbonyl (C=O) groups excluding carboxylic acids is 2. The zero-order valence-corrected chi connectivity index (χ0v) is 9.69. The van der Waals surface area contributed by atoms with Crippen LogP contribution in [0.2, 0.25) is 0 Å². The lowest BCUT2D eigenvalue weighted by atomic mass is 9.99. The van der Waals surface area contributed by atoms with Gasteiger partial charge in [-0.1, -0.05) is 18.2 Å². The molecule has 1 aromatic rings. The smallest absolute Gasteiger partial charge is 0.257 e. The molecular weight excluding hydrogens is 228 g/mol. The molecule has 0 bridgehead atoms. The van der Waals surface area contributed by atoms with Crippen molar-refractivity contribution in [2.75, 3.05) is 5.32 Å². The summed E-state index contributed by atoms with van der Waals surface area (Å²) >= 11 is 0. The van der Waals surface area contributed by atoms with Gasteiger partial charge in [-0.2, -0.15) is 0 Å². The summed E-state index contributed by atoms with van der Waals surface area (Å²) < 4.78 is 0. The van der Waals surface area contributed by atoms with E-state index in [4.69, 9.17) is 0 Å². The van der Waals surface area contributed by atoms with Crippen LogP contribution in [0.25, 0.3) is 0 Å². The van der Waals surface area contributed by atoms with Crippen LogP contribution in [-0.4, -0.2) is 11.8 Å². The van der Waals surface area contributed by atoms with Gasteiger partial charge in [-0.3, -0.25) is 9.59 Å². The van der Waals surface area contributed by atoms with Crippen molar-refractivity contribution in [2.24, 2.45) is 0 Å². The molecule has 0 fully saturated rings. The van der Waals surface area contributed by atoms with Gasteiger partial charge in [0.2, 0.25) is 0 Å². The van der Waals surface area contributed by atoms with Crippen LogP contribution in [0, 0.1) is 0 Å². The molecule has 0 radical (unpaired) electrons. The highest BCUT2D eigenvalue weighted by molar-refractivity contribution is 6.12. The summed E-state index contributed by atoms with van der Waals surface area (Å²) in [7, 11) is 0. The van der Waals surface area contributed by atoms with Crippen molar-refractivity contribution in [3.63, 3.8) is 0 Å². The zero-order chi connectivity index (χ0) is 12.5. The van der Waals surface area contributed by atoms with Crippen molar-refractivity contribution in [3.05, 3.63) is 53.3 Å². The van der Waals surface area contributed by atoms with Crippen LogP contribution in [-0.2, 0) is 4.79 Å². The molecule has 0 saturated carbocycles. The topological polar surface area (TPSA) is 58.2 Å². The molecule has 3 rings (SSSR count). The third kappa shape index (κ3) is 1.72. The Labute approximate surface area is 104 Å². The number of para-hydroxylation sites is 1. The molecule has 0 atom stereocenters. The number of allylic oxidation sites excluding steroid dienone is 2. The lowest BCUT2D eigenvalue weighted by molar-refractivity contribution is -0.113. The van der Waals surface area contributed by atoms with E-state index in [1.54, 1.807) is 30.3 Å². The molecule has 2 N–H and O–H groups in total. The Morgan fingerprint density at radius 1 is 1.00 bits per heavy atom. The average Bonchev–Trinajstić information content (AvgIpc) is 2.38. The Morgan fingerprint density at radius 2 is 1.83 bits per heavy atom. The van der Waals surface area contributed by atoms with Gasteiger partial charge in [0.05, 0.1) is 11.3 Å². The monoisotopic (exact) mass is 240 g/mol. The fourth-order valence-electron chi connectivity index (χ4n) is 2.19. The first-order valence-corrected chi connectivity index (χ1v) is 5.87. The molecule has 1 aliphatic carbocycles. The number of amides is 2. The summed E-state index contributed by atoms with van der Waals surface area (Å²) in [5.41, 5.74) is 2.29. The number of fused-ring (bicyclic) bond motifs is 1. The second-order valence-electron chi connectivity index (χ2n) is 4.29. The van der Waals surface area contributed by atoms with Crippen LogP contribution in [0.3, 0.4) is 0 Å². The first-order valence-electron chi connectivity index (χ1n) is 5.87. The Kier molecular flexibility index (Phi) is 2.48. The molecule has 18 heavy (non-hydrogen) atoms.